The Hall–Kier alpha value is -0.780. The molecule has 10 heteroatoms. The van der Waals surface area contributed by atoms with Crippen LogP contribution in [-0.4, -0.2) is 41.2 Å². The van der Waals surface area contributed by atoms with Gasteiger partial charge in [-0.2, -0.15) is 8.42 Å². The zero-order valence-electron chi connectivity index (χ0n) is 8.74. The summed E-state index contributed by atoms with van der Waals surface area (Å²) in [6.07, 6.45) is 2.16. The highest BCUT2D eigenvalue weighted by atomic mass is 32.3. The van der Waals surface area contributed by atoms with Crippen molar-refractivity contribution in [1.29, 1.82) is 0 Å². The standard InChI is InChI=1S/C6H14N2O2.H3N.H2O4S/c7-4-2-1-3-5(8)6(9)10;;1-5(2,3)4/h5H,1-4,7-8H2,(H,9,10);1H3;(H2,1,2,3,4). The van der Waals surface area contributed by atoms with Gasteiger partial charge >= 0.3 is 16.4 Å². The van der Waals surface area contributed by atoms with Crippen LogP contribution < -0.4 is 17.6 Å². The molecule has 10 N–H and O–H groups in total. The Morgan fingerprint density at radius 1 is 1.25 bits per heavy atom. The molecule has 9 nitrogen and oxygen atoms in total. The molecule has 0 saturated heterocycles. The number of hydrogen-bond acceptors (Lipinski definition) is 6. The zero-order chi connectivity index (χ0) is 12.5. The van der Waals surface area contributed by atoms with Gasteiger partial charge in [0.15, 0.2) is 0 Å². The minimum atomic E-state index is -4.67. The van der Waals surface area contributed by atoms with Crippen molar-refractivity contribution in [2.24, 2.45) is 11.5 Å². The van der Waals surface area contributed by atoms with Crippen LogP contribution in [0.4, 0.5) is 0 Å². The van der Waals surface area contributed by atoms with Gasteiger partial charge in [0.25, 0.3) is 0 Å². The molecule has 1 unspecified atom stereocenters. The lowest BCUT2D eigenvalue weighted by Crippen LogP contribution is -2.29. The summed E-state index contributed by atoms with van der Waals surface area (Å²) >= 11 is 0. The molecule has 0 fully saturated rings. The van der Waals surface area contributed by atoms with Crippen LogP contribution in [0.25, 0.3) is 0 Å². The molecular weight excluding hydrogens is 242 g/mol. The Morgan fingerprint density at radius 3 is 1.88 bits per heavy atom. The molecule has 1 atom stereocenters. The topological polar surface area (TPSA) is 199 Å². The molecule has 0 amide bonds. The molecule has 0 rings (SSSR count). The highest BCUT2D eigenvalue weighted by Crippen LogP contribution is 1.96. The second-order valence-corrected chi connectivity index (χ2v) is 3.57. The fraction of sp³-hybridized carbons (Fsp3) is 0.833. The molecule has 16 heavy (non-hydrogen) atoms. The van der Waals surface area contributed by atoms with Crippen molar-refractivity contribution in [3.05, 3.63) is 0 Å². The van der Waals surface area contributed by atoms with Gasteiger partial charge in [0.05, 0.1) is 0 Å². The van der Waals surface area contributed by atoms with Crippen molar-refractivity contribution in [2.45, 2.75) is 25.3 Å². The predicted molar refractivity (Wildman–Crippen MR) is 57.7 cm³/mol. The number of nitrogens with two attached hydrogens (primary N) is 2. The third-order valence-electron chi connectivity index (χ3n) is 1.29. The number of carboxylic acid groups (broad SMARTS) is 1. The van der Waals surface area contributed by atoms with E-state index in [0.717, 1.165) is 12.8 Å². The van der Waals surface area contributed by atoms with E-state index in [1.807, 2.05) is 0 Å². The third kappa shape index (κ3) is 29.2. The van der Waals surface area contributed by atoms with Crippen LogP contribution >= 0.6 is 0 Å². The van der Waals surface area contributed by atoms with Crippen LogP contribution in [0.3, 0.4) is 0 Å². The number of carboxylic acids is 1. The lowest BCUT2D eigenvalue weighted by atomic mass is 10.1. The van der Waals surface area contributed by atoms with E-state index in [0.29, 0.717) is 13.0 Å². The van der Waals surface area contributed by atoms with E-state index in [-0.39, 0.29) is 6.15 Å². The van der Waals surface area contributed by atoms with Crippen LogP contribution in [0.2, 0.25) is 0 Å². The molecule has 0 radical (unpaired) electrons. The highest BCUT2D eigenvalue weighted by Gasteiger charge is 2.09. The highest BCUT2D eigenvalue weighted by molar-refractivity contribution is 7.79. The Kier molecular flexibility index (Phi) is 13.8. The minimum Gasteiger partial charge on any atom is -0.480 e. The number of aliphatic carboxylic acids is 1. The largest absolute Gasteiger partial charge is 0.480 e. The fourth-order valence-corrected chi connectivity index (χ4v) is 0.632. The Labute approximate surface area is 94.0 Å². The van der Waals surface area contributed by atoms with Crippen LogP contribution in [0.15, 0.2) is 0 Å². The van der Waals surface area contributed by atoms with Crippen LogP contribution in [-0.2, 0) is 15.2 Å². The normalized spacial score (nSPS) is 11.8. The first kappa shape index (κ1) is 20.6. The fourth-order valence-electron chi connectivity index (χ4n) is 0.632. The molecule has 0 heterocycles. The molecule has 0 bridgehead atoms. The molecule has 0 aromatic carbocycles. The predicted octanol–water partition coefficient (Wildman–Crippen LogP) is -0.963. The average molecular weight is 261 g/mol. The molecule has 0 aromatic rings. The summed E-state index contributed by atoms with van der Waals surface area (Å²) in [7, 11) is -4.67. The Bertz CT molecular complexity index is 259. The first-order valence-electron chi connectivity index (χ1n) is 4.06. The lowest BCUT2D eigenvalue weighted by Gasteiger charge is -2.03. The minimum absolute atomic E-state index is 0. The first-order valence-corrected chi connectivity index (χ1v) is 5.46. The van der Waals surface area contributed by atoms with Crippen molar-refractivity contribution in [3.63, 3.8) is 0 Å². The second kappa shape index (κ2) is 10.7. The molecule has 0 spiro atoms. The maximum atomic E-state index is 10.1. The lowest BCUT2D eigenvalue weighted by molar-refractivity contribution is -0.138. The average Bonchev–Trinajstić information content (AvgIpc) is 2.01. The molecule has 0 aliphatic carbocycles. The van der Waals surface area contributed by atoms with Gasteiger partial charge in [-0.25, -0.2) is 0 Å². The summed E-state index contributed by atoms with van der Waals surface area (Å²) in [5.41, 5.74) is 10.4. The molecule has 0 saturated carbocycles. The van der Waals surface area contributed by atoms with E-state index < -0.39 is 22.4 Å². The Balaban J connectivity index is -0.000000242. The summed E-state index contributed by atoms with van der Waals surface area (Å²) in [5.74, 6) is -0.933. The van der Waals surface area contributed by atoms with Gasteiger partial charge in [-0.05, 0) is 19.4 Å². The van der Waals surface area contributed by atoms with Gasteiger partial charge in [-0.1, -0.05) is 6.42 Å². The SMILES string of the molecule is N.NCCCCC(N)C(=O)O.O=S(=O)(O)O. The van der Waals surface area contributed by atoms with E-state index in [4.69, 9.17) is 34.1 Å². The quantitative estimate of drug-likeness (QED) is 0.266. The van der Waals surface area contributed by atoms with E-state index in [9.17, 15) is 4.79 Å². The van der Waals surface area contributed by atoms with Crippen LogP contribution in [0.5, 0.6) is 0 Å². The maximum Gasteiger partial charge on any atom is 0.394 e. The van der Waals surface area contributed by atoms with E-state index in [1.165, 1.54) is 0 Å². The first-order chi connectivity index (χ1) is 6.68. The summed E-state index contributed by atoms with van der Waals surface area (Å²) in [4.78, 5) is 10.1. The number of unbranched alkanes of at least 4 members (excludes halogenated alkanes) is 1. The molecule has 0 aromatic heterocycles. The van der Waals surface area contributed by atoms with E-state index in [1.54, 1.807) is 0 Å². The van der Waals surface area contributed by atoms with Gasteiger partial charge in [0.2, 0.25) is 0 Å². The van der Waals surface area contributed by atoms with Crippen molar-refractivity contribution in [3.8, 4) is 0 Å². The van der Waals surface area contributed by atoms with Gasteiger partial charge in [0, 0.05) is 0 Å². The van der Waals surface area contributed by atoms with E-state index in [2.05, 4.69) is 0 Å². The number of rotatable bonds is 5. The van der Waals surface area contributed by atoms with Gasteiger partial charge in [0.1, 0.15) is 6.04 Å². The summed E-state index contributed by atoms with van der Waals surface area (Å²) < 4.78 is 31.6. The van der Waals surface area contributed by atoms with Gasteiger partial charge in [-0.3, -0.25) is 13.9 Å². The monoisotopic (exact) mass is 261 g/mol. The third-order valence-corrected chi connectivity index (χ3v) is 1.29. The summed E-state index contributed by atoms with van der Waals surface area (Å²) in [5, 5.41) is 8.33. The maximum absolute atomic E-state index is 10.1. The summed E-state index contributed by atoms with van der Waals surface area (Å²) in [6, 6.07) is -0.716. The second-order valence-electron chi connectivity index (χ2n) is 2.68. The van der Waals surface area contributed by atoms with Crippen molar-refractivity contribution in [1.82, 2.24) is 6.15 Å². The number of hydrogen-bond donors (Lipinski definition) is 6. The Morgan fingerprint density at radius 2 is 1.62 bits per heavy atom. The molecule has 0 aliphatic rings. The van der Waals surface area contributed by atoms with Crippen molar-refractivity contribution < 1.29 is 27.4 Å². The molecular formula is C6H19N3O6S. The van der Waals surface area contributed by atoms with Crippen LogP contribution in [0.1, 0.15) is 19.3 Å². The zero-order valence-corrected chi connectivity index (χ0v) is 9.56. The van der Waals surface area contributed by atoms with Crippen molar-refractivity contribution in [2.75, 3.05) is 6.54 Å². The molecule has 100 valence electrons. The van der Waals surface area contributed by atoms with Gasteiger partial charge < -0.3 is 22.7 Å². The smallest absolute Gasteiger partial charge is 0.394 e. The van der Waals surface area contributed by atoms with E-state index >= 15 is 0 Å². The van der Waals surface area contributed by atoms with Crippen LogP contribution in [0, 0.1) is 0 Å². The van der Waals surface area contributed by atoms with Gasteiger partial charge in [-0.15, -0.1) is 0 Å². The molecule has 0 aliphatic heterocycles. The number of carbonyl (C=O) groups is 1. The van der Waals surface area contributed by atoms with Crippen molar-refractivity contribution >= 4 is 16.4 Å². The summed E-state index contributed by atoms with van der Waals surface area (Å²) in [6.45, 7) is 0.604.